The van der Waals surface area contributed by atoms with Gasteiger partial charge in [0.15, 0.2) is 11.5 Å². The molecule has 0 bridgehead atoms. The van der Waals surface area contributed by atoms with Gasteiger partial charge in [-0.15, -0.1) is 0 Å². The third-order valence-corrected chi connectivity index (χ3v) is 13.0. The highest BCUT2D eigenvalue weighted by Crippen LogP contribution is 2.60. The second-order valence-corrected chi connectivity index (χ2v) is 17.2. The van der Waals surface area contributed by atoms with Crippen molar-refractivity contribution in [1.82, 2.24) is 4.57 Å². The van der Waals surface area contributed by atoms with Crippen LogP contribution in [0.3, 0.4) is 0 Å². The van der Waals surface area contributed by atoms with Crippen molar-refractivity contribution >= 4 is 44.4 Å². The summed E-state index contributed by atoms with van der Waals surface area (Å²) in [5, 5.41) is 58.3. The van der Waals surface area contributed by atoms with Gasteiger partial charge in [-0.2, -0.15) is 0 Å². The number of fused-ring (bicyclic) bond motifs is 6. The van der Waals surface area contributed by atoms with E-state index >= 15 is 0 Å². The molecule has 68 heavy (non-hydrogen) atoms. The quantitative estimate of drug-likeness (QED) is 0.0485. The lowest BCUT2D eigenvalue weighted by atomic mass is 9.86. The number of hydrogen-bond donors (Lipinski definition) is 6. The molecule has 2 heterocycles. The maximum absolute atomic E-state index is 10.9. The second-order valence-electron chi connectivity index (χ2n) is 17.2. The third-order valence-electron chi connectivity index (χ3n) is 13.0. The lowest BCUT2D eigenvalue weighted by molar-refractivity contribution is 0.329. The van der Waals surface area contributed by atoms with Gasteiger partial charge in [0.1, 0.15) is 5.69 Å². The van der Waals surface area contributed by atoms with Gasteiger partial charge in [-0.3, -0.25) is 0 Å². The predicted molar refractivity (Wildman–Crippen MR) is 278 cm³/mol. The molecule has 0 amide bonds. The molecule has 9 aromatic rings. The Morgan fingerprint density at radius 2 is 1.16 bits per heavy atom. The van der Waals surface area contributed by atoms with Gasteiger partial charge in [0.05, 0.1) is 17.1 Å². The molecule has 0 spiro atoms. The van der Waals surface area contributed by atoms with Crippen molar-refractivity contribution in [2.24, 2.45) is 0 Å². The number of aryl methyl sites for hydroxylation is 1. The number of para-hydroxylation sites is 3. The molecule has 2 aliphatic rings. The highest BCUT2D eigenvalue weighted by atomic mass is 16.4. The van der Waals surface area contributed by atoms with E-state index in [-0.39, 0.29) is 11.6 Å². The van der Waals surface area contributed by atoms with Crippen LogP contribution in [0.2, 0.25) is 0 Å². The highest BCUT2D eigenvalue weighted by molar-refractivity contribution is 6.10. The SMILES string of the molecule is CC/C=C\CNc1ccccc1C.Oc1c(O)c(O)c(N2c3ccccc3C3C=C(c4ccc5c(c4)c4ccccc4n5-c4cccc(-c5ccc(-c6ccccc6)cc5)c4)C=CC32)c(O)c1O. The second kappa shape index (κ2) is 18.3. The average molecular weight is 894 g/mol. The Bertz CT molecular complexity index is 3390. The minimum Gasteiger partial charge on any atom is -0.503 e. The number of rotatable bonds is 9. The normalized spacial score (nSPS) is 15.0. The summed E-state index contributed by atoms with van der Waals surface area (Å²) in [7, 11) is 0. The largest absolute Gasteiger partial charge is 0.503 e. The van der Waals surface area contributed by atoms with Crippen LogP contribution < -0.4 is 10.2 Å². The van der Waals surface area contributed by atoms with Crippen LogP contribution in [0.25, 0.3) is 55.3 Å². The predicted octanol–water partition coefficient (Wildman–Crippen LogP) is 14.3. The summed E-state index contributed by atoms with van der Waals surface area (Å²) in [4.78, 5) is 1.69. The van der Waals surface area contributed by atoms with E-state index in [9.17, 15) is 25.5 Å². The minimum absolute atomic E-state index is 0.184. The summed E-state index contributed by atoms with van der Waals surface area (Å²) in [5.74, 6) is -4.42. The van der Waals surface area contributed by atoms with Gasteiger partial charge >= 0.3 is 0 Å². The molecule has 0 saturated heterocycles. The maximum Gasteiger partial charge on any atom is 0.208 e. The van der Waals surface area contributed by atoms with Crippen LogP contribution in [-0.2, 0) is 0 Å². The fraction of sp³-hybridized carbons (Fsp3) is 0.100. The molecule has 8 aromatic carbocycles. The van der Waals surface area contributed by atoms with Gasteiger partial charge < -0.3 is 40.3 Å². The summed E-state index contributed by atoms with van der Waals surface area (Å²) in [6, 6.07) is 58.4. The molecule has 0 saturated carbocycles. The van der Waals surface area contributed by atoms with E-state index in [1.54, 1.807) is 4.90 Å². The minimum atomic E-state index is -0.984. The van der Waals surface area contributed by atoms with Gasteiger partial charge in [-0.1, -0.05) is 165 Å². The van der Waals surface area contributed by atoms with Crippen LogP contribution in [0.15, 0.2) is 200 Å². The first kappa shape index (κ1) is 43.3. The van der Waals surface area contributed by atoms with E-state index in [4.69, 9.17) is 0 Å². The molecule has 1 aliphatic carbocycles. The fourth-order valence-electron chi connectivity index (χ4n) is 9.63. The summed E-state index contributed by atoms with van der Waals surface area (Å²) in [5.41, 5.74) is 14.0. The van der Waals surface area contributed by atoms with Crippen molar-refractivity contribution in [2.45, 2.75) is 32.2 Å². The van der Waals surface area contributed by atoms with E-state index in [1.807, 2.05) is 42.5 Å². The van der Waals surface area contributed by atoms with Gasteiger partial charge in [0.2, 0.25) is 17.2 Å². The number of phenols is 5. The lowest BCUT2D eigenvalue weighted by Gasteiger charge is -2.31. The summed E-state index contributed by atoms with van der Waals surface area (Å²) in [6.45, 7) is 5.18. The fourth-order valence-corrected chi connectivity index (χ4v) is 9.63. The Morgan fingerprint density at radius 1 is 0.544 bits per heavy atom. The van der Waals surface area contributed by atoms with Gasteiger partial charge in [0, 0.05) is 40.3 Å². The molecule has 6 N–H and O–H groups in total. The first-order valence-electron chi connectivity index (χ1n) is 22.9. The number of benzene rings is 8. The molecule has 11 rings (SSSR count). The van der Waals surface area contributed by atoms with Crippen molar-refractivity contribution in [3.63, 3.8) is 0 Å². The van der Waals surface area contributed by atoms with Gasteiger partial charge in [0.25, 0.3) is 0 Å². The van der Waals surface area contributed by atoms with Gasteiger partial charge in [-0.05, 0) is 100 Å². The molecule has 336 valence electrons. The number of anilines is 3. The smallest absolute Gasteiger partial charge is 0.208 e. The van der Waals surface area contributed by atoms with E-state index in [1.165, 1.54) is 22.4 Å². The van der Waals surface area contributed by atoms with Crippen molar-refractivity contribution in [3.8, 4) is 56.7 Å². The number of nitrogens with one attached hydrogen (secondary N) is 1. The lowest BCUT2D eigenvalue weighted by Crippen LogP contribution is -2.29. The molecule has 2 unspecified atom stereocenters. The zero-order chi connectivity index (χ0) is 46.9. The summed E-state index contributed by atoms with van der Waals surface area (Å²) < 4.78 is 2.32. The number of allylic oxidation sites excluding steroid dienone is 3. The molecule has 1 aromatic heterocycles. The Labute approximate surface area is 395 Å². The molecule has 8 nitrogen and oxygen atoms in total. The molecule has 0 fully saturated rings. The van der Waals surface area contributed by atoms with E-state index < -0.39 is 34.8 Å². The first-order chi connectivity index (χ1) is 33.2. The molecule has 0 radical (unpaired) electrons. The molecular formula is C60H51N3O5. The zero-order valence-electron chi connectivity index (χ0n) is 37.8. The van der Waals surface area contributed by atoms with Crippen LogP contribution in [-0.4, -0.2) is 42.7 Å². The van der Waals surface area contributed by atoms with E-state index in [2.05, 4.69) is 181 Å². The first-order valence-corrected chi connectivity index (χ1v) is 22.9. The van der Waals surface area contributed by atoms with Crippen molar-refractivity contribution in [3.05, 3.63) is 217 Å². The van der Waals surface area contributed by atoms with Crippen molar-refractivity contribution in [2.75, 3.05) is 16.8 Å². The standard InChI is InChI=1S/C48H34N2O5.C12H17N/c51-44-43(45(52)47(54)48(55)46(44)53)50-40-16-7-5-14-36(40)38-27-33(22-24-42(38)50)32-21-23-41-37(26-32)35-13-4-6-15-39(35)49(41)34-12-8-11-31(25-34)30-19-17-29(18-20-30)28-9-2-1-3-10-28;1-3-4-7-10-13-12-9-6-5-8-11(12)2/h1-27,38,42,51-55H;4-9,13H,3,10H2,1-2H3/b;7-4-. The number of phenolic OH excluding ortho intramolecular Hbond substituents is 5. The number of aromatic nitrogens is 1. The Morgan fingerprint density at radius 3 is 1.93 bits per heavy atom. The topological polar surface area (TPSA) is 121 Å². The van der Waals surface area contributed by atoms with Crippen LogP contribution in [0, 0.1) is 6.92 Å². The zero-order valence-corrected chi connectivity index (χ0v) is 37.8. The molecule has 8 heteroatoms. The molecule has 1 aliphatic heterocycles. The number of nitrogens with zero attached hydrogens (tertiary/aromatic N) is 2. The van der Waals surface area contributed by atoms with Crippen molar-refractivity contribution in [1.29, 1.82) is 0 Å². The van der Waals surface area contributed by atoms with Crippen LogP contribution in [0.1, 0.15) is 36.0 Å². The Kier molecular flexibility index (Phi) is 11.7. The van der Waals surface area contributed by atoms with Crippen LogP contribution in [0.5, 0.6) is 28.7 Å². The molecular weight excluding hydrogens is 843 g/mol. The maximum atomic E-state index is 10.9. The van der Waals surface area contributed by atoms with Crippen LogP contribution >= 0.6 is 0 Å². The summed E-state index contributed by atoms with van der Waals surface area (Å²) in [6.07, 6.45) is 11.7. The summed E-state index contributed by atoms with van der Waals surface area (Å²) >= 11 is 0. The van der Waals surface area contributed by atoms with E-state index in [0.29, 0.717) is 5.69 Å². The highest BCUT2D eigenvalue weighted by Gasteiger charge is 2.42. The third kappa shape index (κ3) is 7.86. The monoisotopic (exact) mass is 893 g/mol. The number of aromatic hydroxyl groups is 5. The Hall–Kier alpha value is -8.62. The van der Waals surface area contributed by atoms with Crippen molar-refractivity contribution < 1.29 is 25.5 Å². The number of hydrogen-bond acceptors (Lipinski definition) is 7. The van der Waals surface area contributed by atoms with Crippen LogP contribution in [0.4, 0.5) is 17.1 Å². The average Bonchev–Trinajstić information content (AvgIpc) is 3.89. The molecule has 2 atom stereocenters. The Balaban J connectivity index is 0.000000361. The van der Waals surface area contributed by atoms with Gasteiger partial charge in [-0.25, -0.2) is 0 Å². The van der Waals surface area contributed by atoms with E-state index in [0.717, 1.165) is 68.3 Å².